The third-order valence-electron chi connectivity index (χ3n) is 9.64. The van der Waals surface area contributed by atoms with Gasteiger partial charge in [0.1, 0.15) is 0 Å². The molecule has 0 aliphatic carbocycles. The van der Waals surface area contributed by atoms with Gasteiger partial charge in [-0.1, -0.05) is 95.6 Å². The minimum absolute atomic E-state index is 0.0729. The van der Waals surface area contributed by atoms with E-state index in [1.165, 1.54) is 97.1 Å². The summed E-state index contributed by atoms with van der Waals surface area (Å²) in [5, 5.41) is 104. The number of H-pyrrole nitrogens is 4. The van der Waals surface area contributed by atoms with Crippen LogP contribution in [0.1, 0.15) is 43.3 Å². The van der Waals surface area contributed by atoms with Crippen LogP contribution in [-0.4, -0.2) is 102 Å². The van der Waals surface area contributed by atoms with Crippen molar-refractivity contribution in [2.75, 3.05) is 0 Å². The Labute approximate surface area is 377 Å². The molecule has 4 atom stereocenters. The number of aromatic nitrogens is 16. The molecule has 4 heterocycles. The minimum atomic E-state index is -1.72. The molecule has 0 aliphatic rings. The maximum Gasteiger partial charge on any atom is 0.269 e. The lowest BCUT2D eigenvalue weighted by molar-refractivity contribution is -0.385. The van der Waals surface area contributed by atoms with Crippen molar-refractivity contribution >= 4 is 69.8 Å². The summed E-state index contributed by atoms with van der Waals surface area (Å²) in [6.07, 6.45) is 0. The number of benzene rings is 4. The van der Waals surface area contributed by atoms with Gasteiger partial charge in [0.15, 0.2) is 0 Å². The summed E-state index contributed by atoms with van der Waals surface area (Å²) in [6.45, 7) is 0. The number of thioether (sulfide) groups is 4. The monoisotopic (exact) mass is 956 g/mol. The quantitative estimate of drug-likeness (QED) is 0.0398. The highest BCUT2D eigenvalue weighted by atomic mass is 32.2. The molecule has 0 saturated heterocycles. The van der Waals surface area contributed by atoms with E-state index in [-0.39, 0.29) is 43.4 Å². The van der Waals surface area contributed by atoms with Gasteiger partial charge in [-0.25, -0.2) is 0 Å². The van der Waals surface area contributed by atoms with Gasteiger partial charge in [0.25, 0.3) is 22.7 Å². The molecule has 65 heavy (non-hydrogen) atoms. The van der Waals surface area contributed by atoms with Gasteiger partial charge in [0, 0.05) is 74.9 Å². The summed E-state index contributed by atoms with van der Waals surface area (Å²) >= 11 is 4.23. The molecule has 328 valence electrons. The van der Waals surface area contributed by atoms with E-state index in [9.17, 15) is 40.5 Å². The molecule has 0 aliphatic heterocycles. The van der Waals surface area contributed by atoms with Crippen molar-refractivity contribution in [2.45, 2.75) is 41.6 Å². The van der Waals surface area contributed by atoms with E-state index in [1.807, 2.05) is 0 Å². The van der Waals surface area contributed by atoms with Crippen LogP contribution in [0.2, 0.25) is 0 Å². The lowest BCUT2D eigenvalue weighted by atomic mass is 9.66. The van der Waals surface area contributed by atoms with Gasteiger partial charge < -0.3 is 0 Å². The number of nitro groups is 4. The molecule has 4 N–H and O–H groups in total. The predicted octanol–water partition coefficient (Wildman–Crippen LogP) is 5.79. The molecular weight excluding hydrogens is 933 g/mol. The van der Waals surface area contributed by atoms with Crippen LogP contribution in [0.3, 0.4) is 0 Å². The van der Waals surface area contributed by atoms with Gasteiger partial charge in [0.05, 0.1) is 19.7 Å². The topological polar surface area (TPSA) is 390 Å². The third kappa shape index (κ3) is 9.43. The van der Waals surface area contributed by atoms with E-state index in [1.54, 1.807) is 0 Å². The van der Waals surface area contributed by atoms with E-state index in [0.29, 0.717) is 22.3 Å². The predicted molar refractivity (Wildman–Crippen MR) is 226 cm³/mol. The van der Waals surface area contributed by atoms with Gasteiger partial charge in [-0.15, -0.1) is 40.8 Å². The maximum atomic E-state index is 12.1. The molecule has 4 aromatic carbocycles. The number of rotatable bonds is 20. The summed E-state index contributed by atoms with van der Waals surface area (Å²) in [4.78, 5) is 46.2. The average Bonchev–Trinajstić information content (AvgIpc) is 4.19. The molecule has 0 saturated carbocycles. The number of nitrogens with zero attached hydrogens (tertiary/aromatic N) is 16. The molecule has 0 spiro atoms. The first-order valence-electron chi connectivity index (χ1n) is 18.1. The standard InChI is InChI=1S/C33H24N20O8S4/c54-50(55)21-9-1-17(2-10-21)25(62-29-34-42-43-35-29)33(26(63-30-36-44-45-37-30)18-3-11-22(12-4-18)51(56)57,27(64-31-38-46-47-39-31)19-5-13-23(14-6-19)52(58)59)28(65-32-40-48-49-41-32)20-7-15-24(16-8-20)53(60)61/h1-16,25-28H,(H,34,35,42,43)(H,36,37,44,45)(H,38,39,46,47)(H,40,41,48,49). The fourth-order valence-electron chi connectivity index (χ4n) is 6.98. The van der Waals surface area contributed by atoms with Crippen molar-refractivity contribution in [3.05, 3.63) is 160 Å². The smallest absolute Gasteiger partial charge is 0.258 e. The molecule has 4 aromatic heterocycles. The largest absolute Gasteiger partial charge is 0.269 e. The van der Waals surface area contributed by atoms with Crippen LogP contribution < -0.4 is 0 Å². The number of hydrogen-bond acceptors (Lipinski definition) is 24. The number of nitro benzene ring substituents is 4. The Morgan fingerprint density at radius 3 is 0.723 bits per heavy atom. The Kier molecular flexibility index (Phi) is 13.0. The third-order valence-corrected chi connectivity index (χ3v) is 14.8. The van der Waals surface area contributed by atoms with E-state index < -0.39 is 46.1 Å². The first-order valence-corrected chi connectivity index (χ1v) is 21.6. The molecular formula is C33H24N20O8S4. The minimum Gasteiger partial charge on any atom is -0.258 e. The van der Waals surface area contributed by atoms with Crippen LogP contribution in [0.4, 0.5) is 22.7 Å². The second-order valence-corrected chi connectivity index (χ2v) is 17.5. The fourth-order valence-corrected chi connectivity index (χ4v) is 12.7. The molecule has 0 bridgehead atoms. The summed E-state index contributed by atoms with van der Waals surface area (Å²) in [5.41, 5.74) is -1.09. The number of non-ortho nitro benzene ring substituents is 4. The summed E-state index contributed by atoms with van der Waals surface area (Å²) in [5.74, 6) is 0. The normalized spacial score (nSPS) is 14.2. The second-order valence-electron chi connectivity index (χ2n) is 13.2. The Morgan fingerprint density at radius 1 is 0.369 bits per heavy atom. The SMILES string of the molecule is O=[N+]([O-])c1ccc(C(Sc2nn[nH]n2)C(C(Sc2nn[nH]n2)c2ccc([N+](=O)[O-])cc2)(C(Sc2nn[nH]n2)c2ccc([N+](=O)[O-])cc2)C(Sc2nn[nH]n2)c2ccc([N+](=O)[O-])cc2)cc1. The van der Waals surface area contributed by atoms with Crippen LogP contribution >= 0.6 is 47.0 Å². The molecule has 28 nitrogen and oxygen atoms in total. The zero-order chi connectivity index (χ0) is 45.5. The molecule has 0 amide bonds. The van der Waals surface area contributed by atoms with E-state index in [2.05, 4.69) is 82.5 Å². The second kappa shape index (κ2) is 19.3. The number of tetrazole rings is 4. The molecule has 32 heteroatoms. The van der Waals surface area contributed by atoms with Gasteiger partial charge in [-0.05, 0) is 43.1 Å². The average molecular weight is 957 g/mol. The van der Waals surface area contributed by atoms with Crippen LogP contribution in [-0.2, 0) is 0 Å². The number of aromatic amines is 4. The summed E-state index contributed by atoms with van der Waals surface area (Å²) in [6, 6.07) is 22.7. The lowest BCUT2D eigenvalue weighted by Gasteiger charge is -2.54. The van der Waals surface area contributed by atoms with Gasteiger partial charge in [-0.3, -0.25) is 40.5 Å². The highest BCUT2D eigenvalue weighted by Gasteiger charge is 2.60. The van der Waals surface area contributed by atoms with E-state index in [4.69, 9.17) is 0 Å². The Hall–Kier alpha value is -7.84. The van der Waals surface area contributed by atoms with Crippen molar-refractivity contribution < 1.29 is 19.7 Å². The van der Waals surface area contributed by atoms with Crippen LogP contribution in [0, 0.1) is 45.9 Å². The molecule has 0 fully saturated rings. The van der Waals surface area contributed by atoms with Crippen molar-refractivity contribution in [3.8, 4) is 0 Å². The Morgan fingerprint density at radius 2 is 0.569 bits per heavy atom. The van der Waals surface area contributed by atoms with Crippen molar-refractivity contribution in [2.24, 2.45) is 5.41 Å². The van der Waals surface area contributed by atoms with Crippen LogP contribution in [0.5, 0.6) is 0 Å². The summed E-state index contributed by atoms with van der Waals surface area (Å²) < 4.78 is 0. The summed E-state index contributed by atoms with van der Waals surface area (Å²) in [7, 11) is 0. The van der Waals surface area contributed by atoms with Gasteiger partial charge >= 0.3 is 0 Å². The van der Waals surface area contributed by atoms with Gasteiger partial charge in [-0.2, -0.15) is 20.9 Å². The first kappa shape index (κ1) is 43.8. The van der Waals surface area contributed by atoms with E-state index in [0.717, 1.165) is 47.0 Å². The van der Waals surface area contributed by atoms with Crippen molar-refractivity contribution in [1.29, 1.82) is 0 Å². The first-order chi connectivity index (χ1) is 31.5. The van der Waals surface area contributed by atoms with Crippen LogP contribution in [0.15, 0.2) is 118 Å². The zero-order valence-corrected chi connectivity index (χ0v) is 35.4. The van der Waals surface area contributed by atoms with Crippen LogP contribution in [0.25, 0.3) is 0 Å². The zero-order valence-electron chi connectivity index (χ0n) is 32.1. The number of nitrogens with one attached hydrogen (secondary N) is 4. The highest BCUT2D eigenvalue weighted by Crippen LogP contribution is 2.74. The fraction of sp³-hybridized carbons (Fsp3) is 0.152. The maximum absolute atomic E-state index is 12.1. The van der Waals surface area contributed by atoms with Gasteiger partial charge in [0.2, 0.25) is 20.6 Å². The Bertz CT molecular complexity index is 2470. The number of hydrogen-bond donors (Lipinski definition) is 4. The van der Waals surface area contributed by atoms with Crippen molar-refractivity contribution in [3.63, 3.8) is 0 Å². The molecule has 8 rings (SSSR count). The van der Waals surface area contributed by atoms with E-state index >= 15 is 0 Å². The Balaban J connectivity index is 1.58. The molecule has 8 aromatic rings. The lowest BCUT2D eigenvalue weighted by Crippen LogP contribution is -2.43. The van der Waals surface area contributed by atoms with Crippen molar-refractivity contribution in [1.82, 2.24) is 82.5 Å². The molecule has 0 radical (unpaired) electrons. The molecule has 4 unspecified atom stereocenters. The highest BCUT2D eigenvalue weighted by molar-refractivity contribution is 8.02.